The van der Waals surface area contributed by atoms with Crippen molar-refractivity contribution < 1.29 is 9.59 Å². The summed E-state index contributed by atoms with van der Waals surface area (Å²) in [6.07, 6.45) is 12.0. The van der Waals surface area contributed by atoms with Crippen molar-refractivity contribution in [1.29, 1.82) is 0 Å². The zero-order valence-electron chi connectivity index (χ0n) is 21.5. The Hall–Kier alpha value is -1.18. The van der Waals surface area contributed by atoms with Crippen LogP contribution in [0.4, 0.5) is 0 Å². The minimum atomic E-state index is -0.335. The number of ketones is 2. The SMILES string of the molecule is C=C(C)/C=C/C[C@@H](C)[C@H]1CC[C@@]2(C)[C@@H]3C(=O)C4C(C)(C)[C@@]45C(=O)CC[C@H]5[C@]3(C)CC[C@]12C. The number of rotatable bonds is 4. The minimum Gasteiger partial charge on any atom is -0.299 e. The van der Waals surface area contributed by atoms with Crippen LogP contribution < -0.4 is 0 Å². The molecular formula is C30H44O2. The summed E-state index contributed by atoms with van der Waals surface area (Å²) in [6.45, 7) is 20.3. The average Bonchev–Trinajstić information content (AvgIpc) is 2.91. The molecule has 5 aliphatic carbocycles. The number of hydrogen-bond acceptors (Lipinski definition) is 2. The second-order valence-corrected chi connectivity index (χ2v) is 13.8. The van der Waals surface area contributed by atoms with Crippen LogP contribution in [0.15, 0.2) is 24.3 Å². The maximum atomic E-state index is 14.3. The highest BCUT2D eigenvalue weighted by Gasteiger charge is 2.88. The van der Waals surface area contributed by atoms with E-state index in [1.807, 2.05) is 0 Å². The Bertz CT molecular complexity index is 925. The van der Waals surface area contributed by atoms with E-state index in [2.05, 4.69) is 67.2 Å². The zero-order valence-corrected chi connectivity index (χ0v) is 21.5. The van der Waals surface area contributed by atoms with Crippen molar-refractivity contribution in [3.05, 3.63) is 24.3 Å². The fourth-order valence-corrected chi connectivity index (χ4v) is 10.9. The summed E-state index contributed by atoms with van der Waals surface area (Å²) in [5.74, 6) is 2.64. The van der Waals surface area contributed by atoms with E-state index in [4.69, 9.17) is 0 Å². The lowest BCUT2D eigenvalue weighted by Crippen LogP contribution is -2.62. The molecule has 0 aromatic carbocycles. The predicted octanol–water partition coefficient (Wildman–Crippen LogP) is 7.19. The van der Waals surface area contributed by atoms with Crippen molar-refractivity contribution in [3.63, 3.8) is 0 Å². The molecule has 5 aliphatic rings. The molecule has 2 heteroatoms. The van der Waals surface area contributed by atoms with Crippen LogP contribution in [0, 0.1) is 56.7 Å². The minimum absolute atomic E-state index is 0.0141. The highest BCUT2D eigenvalue weighted by molar-refractivity contribution is 6.04. The Morgan fingerprint density at radius 3 is 2.38 bits per heavy atom. The van der Waals surface area contributed by atoms with Gasteiger partial charge in [-0.1, -0.05) is 65.8 Å². The van der Waals surface area contributed by atoms with E-state index in [1.54, 1.807) is 0 Å². The highest BCUT2D eigenvalue weighted by Crippen LogP contribution is 2.86. The summed E-state index contributed by atoms with van der Waals surface area (Å²) >= 11 is 0. The topological polar surface area (TPSA) is 34.1 Å². The molecule has 5 rings (SSSR count). The van der Waals surface area contributed by atoms with Gasteiger partial charge >= 0.3 is 0 Å². The Morgan fingerprint density at radius 1 is 1.03 bits per heavy atom. The van der Waals surface area contributed by atoms with Gasteiger partial charge in [-0.25, -0.2) is 0 Å². The number of carbonyl (C=O) groups is 2. The van der Waals surface area contributed by atoms with Gasteiger partial charge in [0.1, 0.15) is 11.6 Å². The van der Waals surface area contributed by atoms with Gasteiger partial charge in [0.25, 0.3) is 0 Å². The van der Waals surface area contributed by atoms with Gasteiger partial charge in [0.2, 0.25) is 0 Å². The van der Waals surface area contributed by atoms with Gasteiger partial charge in [-0.15, -0.1) is 0 Å². The molecule has 5 fully saturated rings. The van der Waals surface area contributed by atoms with Crippen LogP contribution in [-0.2, 0) is 9.59 Å². The summed E-state index contributed by atoms with van der Waals surface area (Å²) in [6, 6.07) is 0. The molecule has 5 saturated carbocycles. The van der Waals surface area contributed by atoms with Gasteiger partial charge in [0.15, 0.2) is 0 Å². The van der Waals surface area contributed by atoms with Gasteiger partial charge < -0.3 is 0 Å². The molecule has 0 amide bonds. The molecule has 2 nitrogen and oxygen atoms in total. The Balaban J connectivity index is 1.52. The fraction of sp³-hybridized carbons (Fsp3) is 0.800. The lowest BCUT2D eigenvalue weighted by molar-refractivity contribution is -0.178. The Kier molecular flexibility index (Phi) is 4.58. The molecule has 0 saturated heterocycles. The van der Waals surface area contributed by atoms with Gasteiger partial charge in [0, 0.05) is 23.7 Å². The van der Waals surface area contributed by atoms with Crippen LogP contribution in [0.2, 0.25) is 0 Å². The molecule has 1 unspecified atom stereocenters. The first kappa shape index (κ1) is 22.6. The van der Waals surface area contributed by atoms with Gasteiger partial charge in [-0.3, -0.25) is 9.59 Å². The summed E-state index contributed by atoms with van der Waals surface area (Å²) in [5, 5.41) is 0. The van der Waals surface area contributed by atoms with E-state index in [-0.39, 0.29) is 38.9 Å². The number of Topliss-reactive ketones (excluding diaryl/α,β-unsaturated/α-hetero) is 2. The van der Waals surface area contributed by atoms with Crippen LogP contribution in [-0.4, -0.2) is 11.6 Å². The summed E-state index contributed by atoms with van der Waals surface area (Å²) in [4.78, 5) is 27.6. The first-order chi connectivity index (χ1) is 14.8. The number of fused-ring (bicyclic) bond motifs is 4. The van der Waals surface area contributed by atoms with Crippen LogP contribution in [0.25, 0.3) is 0 Å². The lowest BCUT2D eigenvalue weighted by atomic mass is 9.39. The third-order valence-corrected chi connectivity index (χ3v) is 12.4. The third-order valence-electron chi connectivity index (χ3n) is 12.4. The molecule has 9 atom stereocenters. The molecule has 32 heavy (non-hydrogen) atoms. The van der Waals surface area contributed by atoms with Crippen molar-refractivity contribution in [1.82, 2.24) is 0 Å². The van der Waals surface area contributed by atoms with Crippen molar-refractivity contribution >= 4 is 11.6 Å². The number of carbonyl (C=O) groups excluding carboxylic acids is 2. The van der Waals surface area contributed by atoms with Crippen molar-refractivity contribution in [2.75, 3.05) is 0 Å². The molecule has 0 N–H and O–H groups in total. The average molecular weight is 437 g/mol. The maximum absolute atomic E-state index is 14.3. The van der Waals surface area contributed by atoms with E-state index in [1.165, 1.54) is 12.8 Å². The first-order valence-electron chi connectivity index (χ1n) is 13.2. The number of hydrogen-bond donors (Lipinski definition) is 0. The predicted molar refractivity (Wildman–Crippen MR) is 130 cm³/mol. The van der Waals surface area contributed by atoms with Crippen molar-refractivity contribution in [3.8, 4) is 0 Å². The number of allylic oxidation sites excluding steroid dienone is 3. The fourth-order valence-electron chi connectivity index (χ4n) is 10.9. The molecule has 0 aromatic heterocycles. The zero-order chi connectivity index (χ0) is 23.5. The molecule has 0 bridgehead atoms. The monoisotopic (exact) mass is 436 g/mol. The Labute approximate surface area is 195 Å². The van der Waals surface area contributed by atoms with Crippen LogP contribution in [0.5, 0.6) is 0 Å². The molecule has 0 aromatic rings. The van der Waals surface area contributed by atoms with E-state index < -0.39 is 0 Å². The van der Waals surface area contributed by atoms with Gasteiger partial charge in [-0.05, 0) is 84.9 Å². The molecule has 0 aliphatic heterocycles. The maximum Gasteiger partial charge on any atom is 0.141 e. The summed E-state index contributed by atoms with van der Waals surface area (Å²) in [5.41, 5.74) is 0.865. The quantitative estimate of drug-likeness (QED) is 0.437. The van der Waals surface area contributed by atoms with Crippen LogP contribution in [0.1, 0.15) is 93.4 Å². The molecule has 0 heterocycles. The van der Waals surface area contributed by atoms with Crippen molar-refractivity contribution in [2.45, 2.75) is 93.4 Å². The highest BCUT2D eigenvalue weighted by atomic mass is 16.1. The second kappa shape index (κ2) is 6.48. The smallest absolute Gasteiger partial charge is 0.141 e. The lowest BCUT2D eigenvalue weighted by Gasteiger charge is -2.63. The summed E-state index contributed by atoms with van der Waals surface area (Å²) < 4.78 is 0. The first-order valence-corrected chi connectivity index (χ1v) is 13.2. The van der Waals surface area contributed by atoms with Crippen LogP contribution >= 0.6 is 0 Å². The second-order valence-electron chi connectivity index (χ2n) is 13.8. The van der Waals surface area contributed by atoms with E-state index in [0.29, 0.717) is 35.7 Å². The molecule has 176 valence electrons. The normalized spacial score (nSPS) is 51.7. The van der Waals surface area contributed by atoms with E-state index in [9.17, 15) is 9.59 Å². The standard InChI is InChI=1S/C30H44O2/c1-18(2)10-9-11-19(3)20-14-15-29(8)25-23(32)24-26(4,5)30(24)21(12-13-22(30)31)27(25,6)16-17-28(20,29)7/h9-10,19-21,24-25H,1,11-17H2,2-8H3/b10-9+/t19-,20-,21+,24?,25-,27+,28-,29+,30+/m1/s1. The molecule has 0 radical (unpaired) electrons. The molecular weight excluding hydrogens is 392 g/mol. The largest absolute Gasteiger partial charge is 0.299 e. The summed E-state index contributed by atoms with van der Waals surface area (Å²) in [7, 11) is 0. The van der Waals surface area contributed by atoms with E-state index >= 15 is 0 Å². The van der Waals surface area contributed by atoms with Crippen LogP contribution in [0.3, 0.4) is 0 Å². The van der Waals surface area contributed by atoms with Gasteiger partial charge in [-0.2, -0.15) is 0 Å². The van der Waals surface area contributed by atoms with Gasteiger partial charge in [0.05, 0.1) is 0 Å². The third kappa shape index (κ3) is 2.28. The van der Waals surface area contributed by atoms with E-state index in [0.717, 1.165) is 31.3 Å². The Morgan fingerprint density at radius 2 is 1.72 bits per heavy atom. The van der Waals surface area contributed by atoms with Crippen molar-refractivity contribution in [2.24, 2.45) is 56.7 Å². The molecule has 1 spiro atoms.